The molecule has 1 rings (SSSR count). The summed E-state index contributed by atoms with van der Waals surface area (Å²) in [5, 5.41) is 2.33. The lowest BCUT2D eigenvalue weighted by Gasteiger charge is -2.21. The lowest BCUT2D eigenvalue weighted by atomic mass is 10.1. The molecule has 0 radical (unpaired) electrons. The van der Waals surface area contributed by atoms with Crippen molar-refractivity contribution in [3.8, 4) is 0 Å². The van der Waals surface area contributed by atoms with Crippen molar-refractivity contribution < 1.29 is 22.7 Å². The molecular formula is C13H15BrF3NO2. The van der Waals surface area contributed by atoms with E-state index in [0.29, 0.717) is 0 Å². The summed E-state index contributed by atoms with van der Waals surface area (Å²) in [6.45, 7) is 6.30. The van der Waals surface area contributed by atoms with Gasteiger partial charge in [0.15, 0.2) is 0 Å². The number of halogens is 4. The van der Waals surface area contributed by atoms with E-state index >= 15 is 0 Å². The second-order valence-electron chi connectivity index (χ2n) is 5.25. The number of anilines is 1. The Balaban J connectivity index is 3.08. The molecule has 3 nitrogen and oxygen atoms in total. The molecule has 0 fully saturated rings. The van der Waals surface area contributed by atoms with Gasteiger partial charge >= 0.3 is 12.3 Å². The van der Waals surface area contributed by atoms with E-state index in [1.165, 1.54) is 13.0 Å². The van der Waals surface area contributed by atoms with Crippen molar-refractivity contribution >= 4 is 27.7 Å². The zero-order valence-corrected chi connectivity index (χ0v) is 13.1. The van der Waals surface area contributed by atoms with Crippen molar-refractivity contribution in [2.45, 2.75) is 39.5 Å². The van der Waals surface area contributed by atoms with Gasteiger partial charge in [0.1, 0.15) is 5.60 Å². The van der Waals surface area contributed by atoms with Crippen molar-refractivity contribution in [3.63, 3.8) is 0 Å². The maximum Gasteiger partial charge on any atom is 0.416 e. The van der Waals surface area contributed by atoms with Gasteiger partial charge in [-0.1, -0.05) is 15.9 Å². The van der Waals surface area contributed by atoms with E-state index in [1.807, 2.05) is 0 Å². The minimum absolute atomic E-state index is 0.0564. The number of alkyl halides is 3. The van der Waals surface area contributed by atoms with Crippen LogP contribution in [0.1, 0.15) is 31.9 Å². The second kappa shape index (κ2) is 5.63. The van der Waals surface area contributed by atoms with Gasteiger partial charge in [-0.05, 0) is 45.4 Å². The number of amides is 1. The number of ether oxygens (including phenoxy) is 1. The number of carbonyl (C=O) groups is 1. The quantitative estimate of drug-likeness (QED) is 0.760. The van der Waals surface area contributed by atoms with E-state index < -0.39 is 23.4 Å². The monoisotopic (exact) mass is 353 g/mol. The molecule has 0 aliphatic heterocycles. The van der Waals surface area contributed by atoms with Gasteiger partial charge in [-0.3, -0.25) is 5.32 Å². The summed E-state index contributed by atoms with van der Waals surface area (Å²) in [6.07, 6.45) is -5.29. The van der Waals surface area contributed by atoms with Gasteiger partial charge in [-0.2, -0.15) is 13.2 Å². The van der Waals surface area contributed by atoms with Crippen LogP contribution in [0.3, 0.4) is 0 Å². The molecule has 1 aromatic rings. The van der Waals surface area contributed by atoms with Crippen LogP contribution in [0.5, 0.6) is 0 Å². The molecular weight excluding hydrogens is 339 g/mol. The summed E-state index contributed by atoms with van der Waals surface area (Å²) < 4.78 is 43.8. The summed E-state index contributed by atoms with van der Waals surface area (Å²) in [5.74, 6) is 0. The van der Waals surface area contributed by atoms with Crippen LogP contribution in [0.4, 0.5) is 23.7 Å². The predicted molar refractivity (Wildman–Crippen MR) is 73.7 cm³/mol. The van der Waals surface area contributed by atoms with E-state index in [0.717, 1.165) is 6.07 Å². The molecule has 0 saturated heterocycles. The number of carbonyl (C=O) groups excluding carboxylic acids is 1. The predicted octanol–water partition coefficient (Wildman–Crippen LogP) is 5.12. The topological polar surface area (TPSA) is 38.3 Å². The summed E-state index contributed by atoms with van der Waals surface area (Å²) in [5.41, 5.74) is -1.54. The summed E-state index contributed by atoms with van der Waals surface area (Å²) in [4.78, 5) is 11.6. The Kier molecular flexibility index (Phi) is 4.74. The fraction of sp³-hybridized carbons (Fsp3) is 0.462. The van der Waals surface area contributed by atoms with Crippen LogP contribution < -0.4 is 5.32 Å². The third kappa shape index (κ3) is 4.70. The molecule has 0 unspecified atom stereocenters. The molecule has 1 N–H and O–H groups in total. The molecule has 7 heteroatoms. The molecule has 1 aromatic carbocycles. The zero-order valence-electron chi connectivity index (χ0n) is 11.5. The van der Waals surface area contributed by atoms with Gasteiger partial charge in [0.2, 0.25) is 0 Å². The van der Waals surface area contributed by atoms with Crippen LogP contribution in [0.25, 0.3) is 0 Å². The fourth-order valence-electron chi connectivity index (χ4n) is 1.52. The van der Waals surface area contributed by atoms with Crippen molar-refractivity contribution in [2.24, 2.45) is 0 Å². The number of hydrogen-bond donors (Lipinski definition) is 1. The largest absolute Gasteiger partial charge is 0.444 e. The van der Waals surface area contributed by atoms with Gasteiger partial charge in [-0.15, -0.1) is 0 Å². The van der Waals surface area contributed by atoms with Crippen LogP contribution in [0, 0.1) is 6.92 Å². The van der Waals surface area contributed by atoms with Gasteiger partial charge in [0.25, 0.3) is 0 Å². The van der Waals surface area contributed by atoms with Crippen molar-refractivity contribution in [2.75, 3.05) is 5.32 Å². The summed E-state index contributed by atoms with van der Waals surface area (Å²) >= 11 is 3.00. The third-order valence-electron chi connectivity index (χ3n) is 2.31. The van der Waals surface area contributed by atoms with Crippen LogP contribution >= 0.6 is 15.9 Å². The van der Waals surface area contributed by atoms with E-state index in [2.05, 4.69) is 21.2 Å². The van der Waals surface area contributed by atoms with Gasteiger partial charge < -0.3 is 4.74 Å². The molecule has 0 bridgehead atoms. The molecule has 0 atom stereocenters. The first-order chi connectivity index (χ1) is 8.90. The van der Waals surface area contributed by atoms with Crippen LogP contribution in [-0.4, -0.2) is 11.7 Å². The maximum absolute atomic E-state index is 12.9. The third-order valence-corrected chi connectivity index (χ3v) is 2.77. The fourth-order valence-corrected chi connectivity index (χ4v) is 1.97. The second-order valence-corrected chi connectivity index (χ2v) is 6.17. The smallest absolute Gasteiger partial charge is 0.416 e. The molecule has 0 saturated carbocycles. The first-order valence-electron chi connectivity index (χ1n) is 5.77. The highest BCUT2D eigenvalue weighted by Gasteiger charge is 2.34. The molecule has 112 valence electrons. The van der Waals surface area contributed by atoms with Crippen LogP contribution in [-0.2, 0) is 10.9 Å². The van der Waals surface area contributed by atoms with E-state index in [4.69, 9.17) is 4.74 Å². The summed E-state index contributed by atoms with van der Waals surface area (Å²) in [6, 6.07) is 2.37. The molecule has 1 amide bonds. The number of benzene rings is 1. The minimum Gasteiger partial charge on any atom is -0.444 e. The average Bonchev–Trinajstić information content (AvgIpc) is 2.18. The lowest BCUT2D eigenvalue weighted by Crippen LogP contribution is -2.27. The maximum atomic E-state index is 12.9. The Hall–Kier alpha value is -1.24. The van der Waals surface area contributed by atoms with E-state index in [9.17, 15) is 18.0 Å². The Labute approximate surface area is 123 Å². The van der Waals surface area contributed by atoms with E-state index in [-0.39, 0.29) is 15.7 Å². The number of hydrogen-bond acceptors (Lipinski definition) is 2. The normalized spacial score (nSPS) is 12.2. The SMILES string of the molecule is Cc1c(NC(=O)OC(C)(C)C)cc(Br)cc1C(F)(F)F. The van der Waals surface area contributed by atoms with Crippen molar-refractivity contribution in [1.29, 1.82) is 0 Å². The lowest BCUT2D eigenvalue weighted by molar-refractivity contribution is -0.138. The Morgan fingerprint density at radius 2 is 1.80 bits per heavy atom. The van der Waals surface area contributed by atoms with E-state index in [1.54, 1.807) is 20.8 Å². The molecule has 0 aliphatic rings. The van der Waals surface area contributed by atoms with Crippen LogP contribution in [0.2, 0.25) is 0 Å². The van der Waals surface area contributed by atoms with Crippen LogP contribution in [0.15, 0.2) is 16.6 Å². The standard InChI is InChI=1S/C13H15BrF3NO2/c1-7-9(13(15,16)17)5-8(14)6-10(7)18-11(19)20-12(2,3)4/h5-6H,1-4H3,(H,18,19). The first kappa shape index (κ1) is 16.8. The average molecular weight is 354 g/mol. The highest BCUT2D eigenvalue weighted by Crippen LogP contribution is 2.37. The molecule has 0 spiro atoms. The molecule has 0 heterocycles. The summed E-state index contributed by atoms with van der Waals surface area (Å²) in [7, 11) is 0. The Bertz CT molecular complexity index is 522. The minimum atomic E-state index is -4.49. The first-order valence-corrected chi connectivity index (χ1v) is 6.57. The van der Waals surface area contributed by atoms with Gasteiger partial charge in [0.05, 0.1) is 5.56 Å². The number of rotatable bonds is 1. The van der Waals surface area contributed by atoms with Gasteiger partial charge in [-0.25, -0.2) is 4.79 Å². The van der Waals surface area contributed by atoms with Crippen molar-refractivity contribution in [3.05, 3.63) is 27.7 Å². The van der Waals surface area contributed by atoms with Gasteiger partial charge in [0, 0.05) is 10.2 Å². The highest BCUT2D eigenvalue weighted by atomic mass is 79.9. The number of nitrogens with one attached hydrogen (secondary N) is 1. The molecule has 20 heavy (non-hydrogen) atoms. The Morgan fingerprint density at radius 3 is 2.25 bits per heavy atom. The molecule has 0 aliphatic carbocycles. The van der Waals surface area contributed by atoms with Crippen molar-refractivity contribution in [1.82, 2.24) is 0 Å². The Morgan fingerprint density at radius 1 is 1.25 bits per heavy atom. The highest BCUT2D eigenvalue weighted by molar-refractivity contribution is 9.10. The molecule has 0 aromatic heterocycles. The zero-order chi connectivity index (χ0) is 15.7.